The van der Waals surface area contributed by atoms with Gasteiger partial charge in [-0.2, -0.15) is 0 Å². The van der Waals surface area contributed by atoms with Gasteiger partial charge in [-0.1, -0.05) is 30.4 Å². The van der Waals surface area contributed by atoms with Crippen LogP contribution in [0.1, 0.15) is 6.92 Å². The fourth-order valence-corrected chi connectivity index (χ4v) is 1.64. The van der Waals surface area contributed by atoms with Crippen LogP contribution in [0.5, 0.6) is 0 Å². The highest BCUT2D eigenvalue weighted by Gasteiger charge is 2.30. The number of ether oxygens (including phenoxy) is 1. The average molecular weight is 266 g/mol. The number of carbonyl (C=O) groups is 2. The standard InChI is InChI=1S/C12H14N2O3S/c1-2-17-12(16)9(10(13)15)11(18)14-8-6-4-3-5-7-8/h3-7,9H,2H2,1H3,(H2,13,15)(H,14,18). The Kier molecular flexibility index (Phi) is 5.26. The van der Waals surface area contributed by atoms with Crippen molar-refractivity contribution in [3.8, 4) is 0 Å². The van der Waals surface area contributed by atoms with Gasteiger partial charge in [-0.15, -0.1) is 0 Å². The van der Waals surface area contributed by atoms with Crippen LogP contribution < -0.4 is 11.1 Å². The second-order valence-electron chi connectivity index (χ2n) is 3.44. The van der Waals surface area contributed by atoms with Crippen molar-refractivity contribution >= 4 is 34.8 Å². The van der Waals surface area contributed by atoms with E-state index in [4.69, 9.17) is 22.7 Å². The van der Waals surface area contributed by atoms with E-state index in [2.05, 4.69) is 5.32 Å². The Bertz CT molecular complexity index is 448. The van der Waals surface area contributed by atoms with Gasteiger partial charge in [0.25, 0.3) is 0 Å². The summed E-state index contributed by atoms with van der Waals surface area (Å²) in [6, 6.07) is 8.96. The zero-order valence-corrected chi connectivity index (χ0v) is 10.7. The summed E-state index contributed by atoms with van der Waals surface area (Å²) in [5, 5.41) is 2.79. The van der Waals surface area contributed by atoms with Crippen LogP contribution in [-0.2, 0) is 14.3 Å². The number of para-hydroxylation sites is 1. The molecule has 96 valence electrons. The van der Waals surface area contributed by atoms with Crippen LogP contribution in [0.4, 0.5) is 5.69 Å². The average Bonchev–Trinajstić information content (AvgIpc) is 2.30. The number of benzene rings is 1. The molecule has 1 aromatic carbocycles. The molecule has 0 bridgehead atoms. The van der Waals surface area contributed by atoms with Crippen molar-refractivity contribution in [2.24, 2.45) is 11.7 Å². The van der Waals surface area contributed by atoms with Gasteiger partial charge in [0.1, 0.15) is 4.99 Å². The highest BCUT2D eigenvalue weighted by molar-refractivity contribution is 7.80. The largest absolute Gasteiger partial charge is 0.465 e. The van der Waals surface area contributed by atoms with Gasteiger partial charge < -0.3 is 15.8 Å². The number of thiocarbonyl (C=S) groups is 1. The third-order valence-corrected chi connectivity index (χ3v) is 2.45. The van der Waals surface area contributed by atoms with E-state index in [0.717, 1.165) is 0 Å². The summed E-state index contributed by atoms with van der Waals surface area (Å²) in [5.41, 5.74) is 5.83. The number of rotatable bonds is 5. The Morgan fingerprint density at radius 2 is 2.00 bits per heavy atom. The van der Waals surface area contributed by atoms with Gasteiger partial charge in [-0.05, 0) is 19.1 Å². The Morgan fingerprint density at radius 1 is 1.39 bits per heavy atom. The molecular weight excluding hydrogens is 252 g/mol. The van der Waals surface area contributed by atoms with Gasteiger partial charge in [0, 0.05) is 5.69 Å². The second-order valence-corrected chi connectivity index (χ2v) is 3.88. The van der Waals surface area contributed by atoms with Crippen molar-refractivity contribution in [3.63, 3.8) is 0 Å². The molecule has 0 aliphatic heterocycles. The van der Waals surface area contributed by atoms with Gasteiger partial charge in [0.05, 0.1) is 6.61 Å². The molecule has 0 aliphatic rings. The third-order valence-electron chi connectivity index (χ3n) is 2.11. The van der Waals surface area contributed by atoms with E-state index in [1.54, 1.807) is 31.2 Å². The van der Waals surface area contributed by atoms with Gasteiger partial charge in [-0.25, -0.2) is 0 Å². The lowest BCUT2D eigenvalue weighted by Gasteiger charge is -2.15. The van der Waals surface area contributed by atoms with E-state index in [0.29, 0.717) is 5.69 Å². The van der Waals surface area contributed by atoms with Gasteiger partial charge in [-0.3, -0.25) is 9.59 Å². The number of nitrogens with one attached hydrogen (secondary N) is 1. The molecule has 0 aromatic heterocycles. The van der Waals surface area contributed by atoms with Crippen LogP contribution in [0.25, 0.3) is 0 Å². The number of hydrogen-bond donors (Lipinski definition) is 2. The summed E-state index contributed by atoms with van der Waals surface area (Å²) in [6.07, 6.45) is 0. The minimum absolute atomic E-state index is 0.0344. The summed E-state index contributed by atoms with van der Waals surface area (Å²) in [7, 11) is 0. The Morgan fingerprint density at radius 3 is 2.50 bits per heavy atom. The molecule has 18 heavy (non-hydrogen) atoms. The molecule has 1 amide bonds. The van der Waals surface area contributed by atoms with Crippen LogP contribution in [0, 0.1) is 5.92 Å². The van der Waals surface area contributed by atoms with E-state index < -0.39 is 17.8 Å². The maximum Gasteiger partial charge on any atom is 0.325 e. The molecule has 0 radical (unpaired) electrons. The summed E-state index contributed by atoms with van der Waals surface area (Å²) in [6.45, 7) is 1.81. The van der Waals surface area contributed by atoms with Crippen LogP contribution in [0.15, 0.2) is 30.3 Å². The molecule has 0 fully saturated rings. The fraction of sp³-hybridized carbons (Fsp3) is 0.250. The normalized spacial score (nSPS) is 11.4. The summed E-state index contributed by atoms with van der Waals surface area (Å²) < 4.78 is 4.76. The fourth-order valence-electron chi connectivity index (χ4n) is 1.31. The summed E-state index contributed by atoms with van der Waals surface area (Å²) >= 11 is 5.01. The molecular formula is C12H14N2O3S. The van der Waals surface area contributed by atoms with Crippen LogP contribution in [-0.4, -0.2) is 23.5 Å². The van der Waals surface area contributed by atoms with E-state index >= 15 is 0 Å². The van der Waals surface area contributed by atoms with Crippen LogP contribution >= 0.6 is 12.2 Å². The number of amides is 1. The lowest BCUT2D eigenvalue weighted by Crippen LogP contribution is -2.40. The lowest BCUT2D eigenvalue weighted by atomic mass is 10.1. The van der Waals surface area contributed by atoms with E-state index in [1.807, 2.05) is 6.07 Å². The molecule has 1 aromatic rings. The third kappa shape index (κ3) is 3.81. The number of carbonyl (C=O) groups excluding carboxylic acids is 2. The zero-order chi connectivity index (χ0) is 13.5. The Hall–Kier alpha value is -1.95. The minimum Gasteiger partial charge on any atom is -0.465 e. The van der Waals surface area contributed by atoms with Crippen molar-refractivity contribution in [2.75, 3.05) is 11.9 Å². The molecule has 0 heterocycles. The first kappa shape index (κ1) is 14.1. The molecule has 0 spiro atoms. The van der Waals surface area contributed by atoms with Crippen molar-refractivity contribution in [3.05, 3.63) is 30.3 Å². The van der Waals surface area contributed by atoms with Crippen molar-refractivity contribution in [1.82, 2.24) is 0 Å². The van der Waals surface area contributed by atoms with Gasteiger partial charge in [0.2, 0.25) is 5.91 Å². The second kappa shape index (κ2) is 6.70. The number of anilines is 1. The molecule has 0 saturated heterocycles. The molecule has 1 unspecified atom stereocenters. The molecule has 5 nitrogen and oxygen atoms in total. The molecule has 1 rings (SSSR count). The topological polar surface area (TPSA) is 81.4 Å². The molecule has 3 N–H and O–H groups in total. The Balaban J connectivity index is 2.78. The smallest absolute Gasteiger partial charge is 0.325 e. The van der Waals surface area contributed by atoms with Crippen molar-refractivity contribution < 1.29 is 14.3 Å². The van der Waals surface area contributed by atoms with E-state index in [1.165, 1.54) is 0 Å². The number of esters is 1. The number of primary amides is 1. The predicted molar refractivity (Wildman–Crippen MR) is 72.0 cm³/mol. The van der Waals surface area contributed by atoms with E-state index in [-0.39, 0.29) is 11.6 Å². The van der Waals surface area contributed by atoms with Gasteiger partial charge >= 0.3 is 5.97 Å². The molecule has 6 heteroatoms. The Labute approximate surface area is 110 Å². The van der Waals surface area contributed by atoms with Crippen LogP contribution in [0.3, 0.4) is 0 Å². The van der Waals surface area contributed by atoms with Crippen LogP contribution in [0.2, 0.25) is 0 Å². The highest BCUT2D eigenvalue weighted by Crippen LogP contribution is 2.10. The lowest BCUT2D eigenvalue weighted by molar-refractivity contribution is -0.148. The SMILES string of the molecule is CCOC(=O)C(C(N)=O)C(=S)Nc1ccccc1. The molecule has 1 atom stereocenters. The van der Waals surface area contributed by atoms with Gasteiger partial charge in [0.15, 0.2) is 5.92 Å². The quantitative estimate of drug-likeness (QED) is 0.473. The minimum atomic E-state index is -1.26. The maximum absolute atomic E-state index is 11.6. The maximum atomic E-state index is 11.6. The van der Waals surface area contributed by atoms with E-state index in [9.17, 15) is 9.59 Å². The summed E-state index contributed by atoms with van der Waals surface area (Å²) in [4.78, 5) is 22.8. The number of nitrogens with two attached hydrogens (primary N) is 1. The molecule has 0 saturated carbocycles. The predicted octanol–water partition coefficient (Wildman–Crippen LogP) is 1.09. The highest BCUT2D eigenvalue weighted by atomic mass is 32.1. The first-order valence-corrected chi connectivity index (χ1v) is 5.79. The summed E-state index contributed by atoms with van der Waals surface area (Å²) in [5.74, 6) is -2.83. The van der Waals surface area contributed by atoms with Crippen molar-refractivity contribution in [2.45, 2.75) is 6.92 Å². The number of hydrogen-bond acceptors (Lipinski definition) is 4. The monoisotopic (exact) mass is 266 g/mol. The zero-order valence-electron chi connectivity index (χ0n) is 9.88. The molecule has 0 aliphatic carbocycles. The first-order valence-electron chi connectivity index (χ1n) is 5.38. The first-order chi connectivity index (χ1) is 8.56. The van der Waals surface area contributed by atoms with Crippen molar-refractivity contribution in [1.29, 1.82) is 0 Å².